The van der Waals surface area contributed by atoms with Crippen LogP contribution in [0.1, 0.15) is 28.4 Å². The molecule has 1 atom stereocenters. The van der Waals surface area contributed by atoms with Gasteiger partial charge >= 0.3 is 5.97 Å². The van der Waals surface area contributed by atoms with Gasteiger partial charge in [0.25, 0.3) is 5.91 Å². The first-order chi connectivity index (χ1) is 11.5. The molecular weight excluding hydrogens is 306 g/mol. The van der Waals surface area contributed by atoms with Gasteiger partial charge in [0.1, 0.15) is 5.75 Å². The highest BCUT2D eigenvalue weighted by atomic mass is 16.5. The molecule has 5 heteroatoms. The third-order valence-electron chi connectivity index (χ3n) is 4.18. The van der Waals surface area contributed by atoms with Crippen LogP contribution in [-0.2, 0) is 16.1 Å². The number of fused-ring (bicyclic) bond motifs is 1. The molecule has 0 aromatic heterocycles. The van der Waals surface area contributed by atoms with Crippen molar-refractivity contribution in [3.05, 3.63) is 59.2 Å². The van der Waals surface area contributed by atoms with Crippen LogP contribution in [0.15, 0.2) is 42.5 Å². The molecule has 2 aromatic carbocycles. The number of rotatable bonds is 3. The van der Waals surface area contributed by atoms with Crippen molar-refractivity contribution in [2.75, 3.05) is 12.0 Å². The maximum Gasteiger partial charge on any atom is 0.337 e. The Hall–Kier alpha value is -2.82. The summed E-state index contributed by atoms with van der Waals surface area (Å²) in [6.45, 7) is 4.16. The molecule has 124 valence electrons. The van der Waals surface area contributed by atoms with Gasteiger partial charge in [0.05, 0.1) is 24.9 Å². The van der Waals surface area contributed by atoms with Crippen molar-refractivity contribution in [3.8, 4) is 5.75 Å². The zero-order valence-electron chi connectivity index (χ0n) is 13.9. The van der Waals surface area contributed by atoms with Crippen molar-refractivity contribution in [1.29, 1.82) is 0 Å². The van der Waals surface area contributed by atoms with E-state index in [-0.39, 0.29) is 5.91 Å². The summed E-state index contributed by atoms with van der Waals surface area (Å²) in [6, 6.07) is 12.9. The number of hydrogen-bond acceptors (Lipinski definition) is 4. The standard InChI is InChI=1S/C19H19NO4/c1-12-6-4-5-7-15(12)11-20-16-10-14(19(22)23-3)8-9-17(16)24-13(2)18(20)21/h4-10,13H,11H2,1-3H3. The summed E-state index contributed by atoms with van der Waals surface area (Å²) >= 11 is 0. The normalized spacial score (nSPS) is 16.4. The minimum absolute atomic E-state index is 0.132. The lowest BCUT2D eigenvalue weighted by Crippen LogP contribution is -2.44. The topological polar surface area (TPSA) is 55.8 Å². The highest BCUT2D eigenvalue weighted by molar-refractivity contribution is 6.01. The number of methoxy groups -OCH3 is 1. The molecule has 5 nitrogen and oxygen atoms in total. The third kappa shape index (κ3) is 2.85. The minimum Gasteiger partial charge on any atom is -0.479 e. The Bertz CT molecular complexity index is 800. The number of nitrogens with zero attached hydrogens (tertiary/aromatic N) is 1. The summed E-state index contributed by atoms with van der Waals surface area (Å²) in [5.74, 6) is 0.0100. The molecule has 1 heterocycles. The van der Waals surface area contributed by atoms with Crippen LogP contribution in [0.25, 0.3) is 0 Å². The molecule has 2 aromatic rings. The van der Waals surface area contributed by atoms with E-state index in [0.29, 0.717) is 23.5 Å². The molecule has 1 aliphatic rings. The highest BCUT2D eigenvalue weighted by Crippen LogP contribution is 2.36. The predicted octanol–water partition coefficient (Wildman–Crippen LogP) is 3.10. The van der Waals surface area contributed by atoms with E-state index in [2.05, 4.69) is 0 Å². The maximum absolute atomic E-state index is 12.6. The number of esters is 1. The van der Waals surface area contributed by atoms with Gasteiger partial charge in [-0.1, -0.05) is 24.3 Å². The summed E-state index contributed by atoms with van der Waals surface area (Å²) < 4.78 is 10.4. The molecule has 0 fully saturated rings. The smallest absolute Gasteiger partial charge is 0.337 e. The fourth-order valence-electron chi connectivity index (χ4n) is 2.77. The van der Waals surface area contributed by atoms with E-state index in [4.69, 9.17) is 9.47 Å². The predicted molar refractivity (Wildman–Crippen MR) is 90.2 cm³/mol. The minimum atomic E-state index is -0.564. The zero-order valence-corrected chi connectivity index (χ0v) is 13.9. The number of hydrogen-bond donors (Lipinski definition) is 0. The van der Waals surface area contributed by atoms with Crippen LogP contribution in [0.4, 0.5) is 5.69 Å². The Balaban J connectivity index is 2.04. The third-order valence-corrected chi connectivity index (χ3v) is 4.18. The monoisotopic (exact) mass is 325 g/mol. The van der Waals surface area contributed by atoms with Crippen molar-refractivity contribution in [2.45, 2.75) is 26.5 Å². The fourth-order valence-corrected chi connectivity index (χ4v) is 2.77. The highest BCUT2D eigenvalue weighted by Gasteiger charge is 2.32. The summed E-state index contributed by atoms with van der Waals surface area (Å²) in [5.41, 5.74) is 3.13. The van der Waals surface area contributed by atoms with Gasteiger partial charge in [-0.05, 0) is 43.2 Å². The zero-order chi connectivity index (χ0) is 17.3. The van der Waals surface area contributed by atoms with Gasteiger partial charge in [-0.2, -0.15) is 0 Å². The summed E-state index contributed by atoms with van der Waals surface area (Å²) in [4.78, 5) is 26.1. The van der Waals surface area contributed by atoms with E-state index in [0.717, 1.165) is 11.1 Å². The molecule has 0 saturated heterocycles. The Morgan fingerprint density at radius 3 is 2.71 bits per heavy atom. The van der Waals surface area contributed by atoms with Crippen LogP contribution >= 0.6 is 0 Å². The second-order valence-corrected chi connectivity index (χ2v) is 5.79. The van der Waals surface area contributed by atoms with Gasteiger partial charge in [0.2, 0.25) is 0 Å². The van der Waals surface area contributed by atoms with Gasteiger partial charge in [-0.25, -0.2) is 4.79 Å². The fraction of sp³-hybridized carbons (Fsp3) is 0.263. The number of ether oxygens (including phenoxy) is 2. The first-order valence-electron chi connectivity index (χ1n) is 7.76. The van der Waals surface area contributed by atoms with Gasteiger partial charge < -0.3 is 14.4 Å². The van der Waals surface area contributed by atoms with E-state index in [1.54, 1.807) is 30.0 Å². The number of anilines is 1. The number of amides is 1. The SMILES string of the molecule is COC(=O)c1ccc2c(c1)N(Cc1ccccc1C)C(=O)C(C)O2. The average Bonchev–Trinajstić information content (AvgIpc) is 2.59. The molecule has 1 unspecified atom stereocenters. The van der Waals surface area contributed by atoms with Gasteiger partial charge in [-0.15, -0.1) is 0 Å². The quantitative estimate of drug-likeness (QED) is 0.814. The molecule has 0 saturated carbocycles. The molecular formula is C19H19NO4. The van der Waals surface area contributed by atoms with E-state index >= 15 is 0 Å². The number of carbonyl (C=O) groups is 2. The Kier molecular flexibility index (Phi) is 4.25. The molecule has 1 amide bonds. The largest absolute Gasteiger partial charge is 0.479 e. The van der Waals surface area contributed by atoms with E-state index in [1.165, 1.54) is 7.11 Å². The van der Waals surface area contributed by atoms with Crippen LogP contribution in [0.2, 0.25) is 0 Å². The van der Waals surface area contributed by atoms with Crippen molar-refractivity contribution < 1.29 is 19.1 Å². The van der Waals surface area contributed by atoms with E-state index in [9.17, 15) is 9.59 Å². The molecule has 0 N–H and O–H groups in total. The van der Waals surface area contributed by atoms with E-state index in [1.807, 2.05) is 31.2 Å². The maximum atomic E-state index is 12.6. The molecule has 0 bridgehead atoms. The van der Waals surface area contributed by atoms with Crippen molar-refractivity contribution in [3.63, 3.8) is 0 Å². The van der Waals surface area contributed by atoms with Crippen molar-refractivity contribution in [2.24, 2.45) is 0 Å². The van der Waals surface area contributed by atoms with Crippen molar-refractivity contribution in [1.82, 2.24) is 0 Å². The Morgan fingerprint density at radius 2 is 2.00 bits per heavy atom. The first kappa shape index (κ1) is 16.1. The van der Waals surface area contributed by atoms with Crippen LogP contribution in [0.3, 0.4) is 0 Å². The van der Waals surface area contributed by atoms with Gasteiger partial charge in [0.15, 0.2) is 6.10 Å². The lowest BCUT2D eigenvalue weighted by molar-refractivity contribution is -0.125. The first-order valence-corrected chi connectivity index (χ1v) is 7.76. The Morgan fingerprint density at radius 1 is 1.25 bits per heavy atom. The van der Waals surface area contributed by atoms with E-state index < -0.39 is 12.1 Å². The van der Waals surface area contributed by atoms with Gasteiger partial charge in [0, 0.05) is 0 Å². The molecule has 3 rings (SSSR count). The van der Waals surface area contributed by atoms with Gasteiger partial charge in [-0.3, -0.25) is 4.79 Å². The molecule has 0 spiro atoms. The van der Waals surface area contributed by atoms with Crippen LogP contribution in [0.5, 0.6) is 5.75 Å². The lowest BCUT2D eigenvalue weighted by Gasteiger charge is -2.33. The second-order valence-electron chi connectivity index (χ2n) is 5.79. The summed E-state index contributed by atoms with van der Waals surface area (Å²) in [7, 11) is 1.33. The molecule has 0 radical (unpaired) electrons. The number of aryl methyl sites for hydroxylation is 1. The molecule has 0 aliphatic carbocycles. The van der Waals surface area contributed by atoms with Crippen LogP contribution in [-0.4, -0.2) is 25.1 Å². The number of carbonyl (C=O) groups excluding carboxylic acids is 2. The molecule has 1 aliphatic heterocycles. The Labute approximate surface area is 140 Å². The molecule has 24 heavy (non-hydrogen) atoms. The van der Waals surface area contributed by atoms with Crippen LogP contribution < -0.4 is 9.64 Å². The summed E-state index contributed by atoms with van der Waals surface area (Å²) in [5, 5.41) is 0. The van der Waals surface area contributed by atoms with Crippen molar-refractivity contribution >= 4 is 17.6 Å². The average molecular weight is 325 g/mol. The summed E-state index contributed by atoms with van der Waals surface area (Å²) in [6.07, 6.45) is -0.564. The lowest BCUT2D eigenvalue weighted by atomic mass is 10.1. The van der Waals surface area contributed by atoms with Crippen LogP contribution in [0, 0.1) is 6.92 Å². The second kappa shape index (κ2) is 6.35. The number of benzene rings is 2.